The molecule has 1 aliphatic rings. The van der Waals surface area contributed by atoms with Crippen LogP contribution in [-0.4, -0.2) is 34.4 Å². The van der Waals surface area contributed by atoms with E-state index < -0.39 is 10.1 Å². The molecule has 0 amide bonds. The molecule has 6 heteroatoms. The molecule has 1 aliphatic heterocycles. The van der Waals surface area contributed by atoms with E-state index >= 15 is 0 Å². The molecule has 2 rings (SSSR count). The zero-order valence-corrected chi connectivity index (χ0v) is 11.9. The van der Waals surface area contributed by atoms with Crippen LogP contribution < -0.4 is 5.32 Å². The van der Waals surface area contributed by atoms with Gasteiger partial charge in [-0.1, -0.05) is 17.7 Å². The van der Waals surface area contributed by atoms with Crippen molar-refractivity contribution in [2.75, 3.05) is 13.7 Å². The van der Waals surface area contributed by atoms with Crippen LogP contribution in [0.2, 0.25) is 0 Å². The number of benzene rings is 1. The Labute approximate surface area is 114 Å². The van der Waals surface area contributed by atoms with E-state index in [2.05, 4.69) is 5.32 Å². The number of hydrogen-bond acceptors (Lipinski definition) is 5. The summed E-state index contributed by atoms with van der Waals surface area (Å²) >= 11 is 0. The van der Waals surface area contributed by atoms with Gasteiger partial charge in [0.15, 0.2) is 0 Å². The molecular weight excluding hydrogens is 266 g/mol. The maximum atomic E-state index is 12.0. The van der Waals surface area contributed by atoms with Crippen LogP contribution in [0.15, 0.2) is 29.2 Å². The summed E-state index contributed by atoms with van der Waals surface area (Å²) in [6.45, 7) is 2.04. The SMILES string of the molecule is CO[C@H]1CC[C@@H](COS(=O)(=O)c2ccc(C)cc2)N1. The molecule has 0 aliphatic carbocycles. The lowest BCUT2D eigenvalue weighted by atomic mass is 10.2. The van der Waals surface area contributed by atoms with Gasteiger partial charge >= 0.3 is 0 Å². The van der Waals surface area contributed by atoms with Gasteiger partial charge in [0.1, 0.15) is 6.23 Å². The van der Waals surface area contributed by atoms with Crippen molar-refractivity contribution in [3.05, 3.63) is 29.8 Å². The van der Waals surface area contributed by atoms with Gasteiger partial charge in [0.05, 0.1) is 11.5 Å². The van der Waals surface area contributed by atoms with Crippen molar-refractivity contribution in [1.29, 1.82) is 0 Å². The highest BCUT2D eigenvalue weighted by molar-refractivity contribution is 7.86. The third kappa shape index (κ3) is 3.76. The summed E-state index contributed by atoms with van der Waals surface area (Å²) in [6.07, 6.45) is 1.72. The minimum absolute atomic E-state index is 0.00400. The molecule has 1 fully saturated rings. The van der Waals surface area contributed by atoms with Crippen LogP contribution in [0.1, 0.15) is 18.4 Å². The largest absolute Gasteiger partial charge is 0.367 e. The van der Waals surface area contributed by atoms with Gasteiger partial charge in [-0.15, -0.1) is 0 Å². The van der Waals surface area contributed by atoms with E-state index in [4.69, 9.17) is 8.92 Å². The van der Waals surface area contributed by atoms with E-state index in [1.807, 2.05) is 6.92 Å². The number of hydrogen-bond donors (Lipinski definition) is 1. The van der Waals surface area contributed by atoms with Crippen LogP contribution >= 0.6 is 0 Å². The lowest BCUT2D eigenvalue weighted by Gasteiger charge is -2.13. The monoisotopic (exact) mass is 285 g/mol. The lowest BCUT2D eigenvalue weighted by Crippen LogP contribution is -2.34. The summed E-state index contributed by atoms with van der Waals surface area (Å²) in [7, 11) is -2.04. The molecule has 1 saturated heterocycles. The predicted molar refractivity (Wildman–Crippen MR) is 71.3 cm³/mol. The number of nitrogens with one attached hydrogen (secondary N) is 1. The molecule has 5 nitrogen and oxygen atoms in total. The Morgan fingerprint density at radius 1 is 1.26 bits per heavy atom. The summed E-state index contributed by atoms with van der Waals surface area (Å²) in [5, 5.41) is 3.16. The normalized spacial score (nSPS) is 23.7. The first kappa shape index (κ1) is 14.5. The van der Waals surface area contributed by atoms with Gasteiger partial charge in [0.25, 0.3) is 10.1 Å². The first-order valence-electron chi connectivity index (χ1n) is 6.26. The first-order chi connectivity index (χ1) is 9.01. The third-order valence-corrected chi connectivity index (χ3v) is 4.51. The fraction of sp³-hybridized carbons (Fsp3) is 0.538. The second-order valence-electron chi connectivity index (χ2n) is 4.72. The van der Waals surface area contributed by atoms with Gasteiger partial charge in [-0.2, -0.15) is 8.42 Å². The Kier molecular flexibility index (Phi) is 4.57. The lowest BCUT2D eigenvalue weighted by molar-refractivity contribution is 0.0841. The second-order valence-corrected chi connectivity index (χ2v) is 6.33. The molecule has 19 heavy (non-hydrogen) atoms. The average molecular weight is 285 g/mol. The molecule has 1 heterocycles. The smallest absolute Gasteiger partial charge is 0.297 e. The zero-order valence-electron chi connectivity index (χ0n) is 11.1. The number of ether oxygens (including phenoxy) is 1. The van der Waals surface area contributed by atoms with Crippen molar-refractivity contribution in [3.8, 4) is 0 Å². The summed E-state index contributed by atoms with van der Waals surface area (Å²) in [6, 6.07) is 6.65. The molecule has 106 valence electrons. The summed E-state index contributed by atoms with van der Waals surface area (Å²) < 4.78 is 34.2. The Hall–Kier alpha value is -0.950. The van der Waals surface area contributed by atoms with E-state index in [1.165, 1.54) is 0 Å². The van der Waals surface area contributed by atoms with Crippen molar-refractivity contribution in [3.63, 3.8) is 0 Å². The van der Waals surface area contributed by atoms with Crippen molar-refractivity contribution >= 4 is 10.1 Å². The Morgan fingerprint density at radius 2 is 1.95 bits per heavy atom. The average Bonchev–Trinajstić information content (AvgIpc) is 2.85. The van der Waals surface area contributed by atoms with Gasteiger partial charge in [-0.3, -0.25) is 9.50 Å². The van der Waals surface area contributed by atoms with Crippen LogP contribution in [0.3, 0.4) is 0 Å². The molecule has 0 unspecified atom stereocenters. The van der Waals surface area contributed by atoms with Crippen molar-refractivity contribution in [1.82, 2.24) is 5.32 Å². The quantitative estimate of drug-likeness (QED) is 0.829. The van der Waals surface area contributed by atoms with Gasteiger partial charge in [-0.25, -0.2) is 0 Å². The fourth-order valence-electron chi connectivity index (χ4n) is 2.04. The molecular formula is C13H19NO4S. The van der Waals surface area contributed by atoms with Crippen LogP contribution in [0.5, 0.6) is 0 Å². The summed E-state index contributed by atoms with van der Waals surface area (Å²) in [5.74, 6) is 0. The van der Waals surface area contributed by atoms with E-state index in [1.54, 1.807) is 31.4 Å². The van der Waals surface area contributed by atoms with Gasteiger partial charge < -0.3 is 4.74 Å². The second kappa shape index (κ2) is 6.00. The molecule has 0 saturated carbocycles. The fourth-order valence-corrected chi connectivity index (χ4v) is 2.99. The maximum absolute atomic E-state index is 12.0. The number of aryl methyl sites for hydroxylation is 1. The van der Waals surface area contributed by atoms with Gasteiger partial charge in [-0.05, 0) is 31.9 Å². The van der Waals surface area contributed by atoms with Crippen LogP contribution in [-0.2, 0) is 19.0 Å². The predicted octanol–water partition coefficient (Wildman–Crippen LogP) is 1.42. The summed E-state index contributed by atoms with van der Waals surface area (Å²) in [5.41, 5.74) is 1.01. The zero-order chi connectivity index (χ0) is 13.9. The standard InChI is InChI=1S/C13H19NO4S/c1-10-3-6-12(7-4-10)19(15,16)18-9-11-5-8-13(14-11)17-2/h3-4,6-7,11,13-14H,5,8-9H2,1-2H3/t11-,13-/m0/s1. The molecule has 1 N–H and O–H groups in total. The summed E-state index contributed by atoms with van der Waals surface area (Å²) in [4.78, 5) is 0.194. The van der Waals surface area contributed by atoms with E-state index in [9.17, 15) is 8.42 Å². The molecule has 0 aromatic heterocycles. The van der Waals surface area contributed by atoms with Crippen molar-refractivity contribution in [2.24, 2.45) is 0 Å². The number of rotatable bonds is 5. The highest BCUT2D eigenvalue weighted by Gasteiger charge is 2.25. The van der Waals surface area contributed by atoms with Gasteiger partial charge in [0.2, 0.25) is 0 Å². The number of methoxy groups -OCH3 is 1. The molecule has 1 aromatic carbocycles. The highest BCUT2D eigenvalue weighted by atomic mass is 32.2. The Bertz CT molecular complexity index is 512. The molecule has 0 bridgehead atoms. The first-order valence-corrected chi connectivity index (χ1v) is 7.67. The van der Waals surface area contributed by atoms with E-state index in [0.717, 1.165) is 18.4 Å². The molecule has 1 aromatic rings. The molecule has 0 spiro atoms. The van der Waals surface area contributed by atoms with Crippen LogP contribution in [0, 0.1) is 6.92 Å². The van der Waals surface area contributed by atoms with Gasteiger partial charge in [0, 0.05) is 13.2 Å². The topological polar surface area (TPSA) is 64.6 Å². The van der Waals surface area contributed by atoms with Crippen LogP contribution in [0.4, 0.5) is 0 Å². The minimum Gasteiger partial charge on any atom is -0.367 e. The van der Waals surface area contributed by atoms with Crippen molar-refractivity contribution in [2.45, 2.75) is 36.9 Å². The maximum Gasteiger partial charge on any atom is 0.297 e. The Morgan fingerprint density at radius 3 is 2.53 bits per heavy atom. The highest BCUT2D eigenvalue weighted by Crippen LogP contribution is 2.17. The minimum atomic E-state index is -3.67. The molecule has 0 radical (unpaired) electrons. The van der Waals surface area contributed by atoms with E-state index in [0.29, 0.717) is 0 Å². The van der Waals surface area contributed by atoms with Crippen LogP contribution in [0.25, 0.3) is 0 Å². The third-order valence-electron chi connectivity index (χ3n) is 3.22. The Balaban J connectivity index is 1.93. The van der Waals surface area contributed by atoms with Crippen molar-refractivity contribution < 1.29 is 17.3 Å². The van der Waals surface area contributed by atoms with E-state index in [-0.39, 0.29) is 23.8 Å². The molecule has 2 atom stereocenters.